The normalized spacial score (nSPS) is 11.5. The predicted molar refractivity (Wildman–Crippen MR) is 102 cm³/mol. The van der Waals surface area contributed by atoms with Gasteiger partial charge in [0.1, 0.15) is 5.70 Å². The molecular formula is C19H19BrN2O4. The molecule has 0 aliphatic rings. The van der Waals surface area contributed by atoms with Gasteiger partial charge < -0.3 is 20.2 Å². The first-order valence-corrected chi connectivity index (χ1v) is 8.78. The van der Waals surface area contributed by atoms with Crippen molar-refractivity contribution < 1.29 is 19.1 Å². The van der Waals surface area contributed by atoms with E-state index < -0.39 is 11.8 Å². The van der Waals surface area contributed by atoms with Gasteiger partial charge in [-0.1, -0.05) is 42.5 Å². The van der Waals surface area contributed by atoms with E-state index in [9.17, 15) is 9.59 Å². The largest absolute Gasteiger partial charge is 0.444 e. The van der Waals surface area contributed by atoms with Crippen molar-refractivity contribution in [3.8, 4) is 0 Å². The molecule has 2 amide bonds. The van der Waals surface area contributed by atoms with Crippen molar-refractivity contribution in [2.24, 2.45) is 0 Å². The first kappa shape index (κ1) is 19.7. The lowest BCUT2D eigenvalue weighted by Gasteiger charge is -2.09. The summed E-state index contributed by atoms with van der Waals surface area (Å²) >= 11 is 3.13. The van der Waals surface area contributed by atoms with Crippen LogP contribution in [0.25, 0.3) is 6.08 Å². The monoisotopic (exact) mass is 418 g/mol. The molecule has 1 aromatic heterocycles. The van der Waals surface area contributed by atoms with E-state index >= 15 is 0 Å². The fourth-order valence-electron chi connectivity index (χ4n) is 1.99. The van der Waals surface area contributed by atoms with Gasteiger partial charge in [0.15, 0.2) is 10.4 Å². The van der Waals surface area contributed by atoms with Crippen molar-refractivity contribution in [2.45, 2.75) is 6.42 Å². The molecule has 6 nitrogen and oxygen atoms in total. The van der Waals surface area contributed by atoms with Crippen LogP contribution in [0.15, 0.2) is 69.4 Å². The van der Waals surface area contributed by atoms with Crippen molar-refractivity contribution in [3.63, 3.8) is 0 Å². The molecule has 0 atom stereocenters. The van der Waals surface area contributed by atoms with Gasteiger partial charge in [-0.25, -0.2) is 0 Å². The molecule has 0 saturated heterocycles. The van der Waals surface area contributed by atoms with Crippen molar-refractivity contribution in [1.29, 1.82) is 0 Å². The average molecular weight is 419 g/mol. The second-order valence-corrected chi connectivity index (χ2v) is 6.02. The first-order chi connectivity index (χ1) is 12.6. The molecule has 2 aromatic rings. The third kappa shape index (κ3) is 6.34. The van der Waals surface area contributed by atoms with Crippen molar-refractivity contribution in [1.82, 2.24) is 10.6 Å². The Morgan fingerprint density at radius 3 is 2.58 bits per heavy atom. The lowest BCUT2D eigenvalue weighted by Crippen LogP contribution is -2.35. The average Bonchev–Trinajstić information content (AvgIpc) is 3.08. The zero-order valence-electron chi connectivity index (χ0n) is 13.9. The van der Waals surface area contributed by atoms with Gasteiger partial charge in [0.2, 0.25) is 0 Å². The number of allylic oxidation sites excluding steroid dienone is 2. The highest BCUT2D eigenvalue weighted by molar-refractivity contribution is 9.10. The number of furan rings is 1. The highest BCUT2D eigenvalue weighted by Gasteiger charge is 2.16. The first-order valence-electron chi connectivity index (χ1n) is 7.99. The SMILES string of the molecule is O=C(NCCCO)C(=CC=Cc1ccccc1)NC(=O)c1ccc(Br)o1. The molecule has 0 spiro atoms. The summed E-state index contributed by atoms with van der Waals surface area (Å²) in [6.07, 6.45) is 5.43. The molecule has 0 saturated carbocycles. The number of benzene rings is 1. The number of hydrogen-bond acceptors (Lipinski definition) is 4. The zero-order valence-corrected chi connectivity index (χ0v) is 15.5. The Kier molecular flexibility index (Phi) is 7.85. The summed E-state index contributed by atoms with van der Waals surface area (Å²) in [7, 11) is 0. The quantitative estimate of drug-likeness (QED) is 0.349. The Morgan fingerprint density at radius 2 is 1.92 bits per heavy atom. The van der Waals surface area contributed by atoms with E-state index in [1.165, 1.54) is 12.1 Å². The Labute approximate surface area is 159 Å². The topological polar surface area (TPSA) is 91.6 Å². The third-order valence-corrected chi connectivity index (χ3v) is 3.69. The van der Waals surface area contributed by atoms with Crippen LogP contribution in [0, 0.1) is 0 Å². The maximum Gasteiger partial charge on any atom is 0.291 e. The lowest BCUT2D eigenvalue weighted by atomic mass is 10.2. The second kappa shape index (κ2) is 10.4. The summed E-state index contributed by atoms with van der Waals surface area (Å²) in [5.74, 6) is -0.902. The minimum Gasteiger partial charge on any atom is -0.444 e. The lowest BCUT2D eigenvalue weighted by molar-refractivity contribution is -0.117. The molecule has 0 aliphatic carbocycles. The smallest absolute Gasteiger partial charge is 0.291 e. The van der Waals surface area contributed by atoms with Crippen LogP contribution < -0.4 is 10.6 Å². The number of nitrogens with one attached hydrogen (secondary N) is 2. The van der Waals surface area contributed by atoms with Crippen molar-refractivity contribution >= 4 is 33.8 Å². The predicted octanol–water partition coefficient (Wildman–Crippen LogP) is 2.87. The van der Waals surface area contributed by atoms with E-state index in [1.807, 2.05) is 36.4 Å². The molecule has 2 rings (SSSR count). The Hall–Kier alpha value is -2.64. The number of hydrogen-bond donors (Lipinski definition) is 3. The summed E-state index contributed by atoms with van der Waals surface area (Å²) in [5.41, 5.74) is 1.04. The van der Waals surface area contributed by atoms with E-state index in [4.69, 9.17) is 9.52 Å². The molecule has 0 aliphatic heterocycles. The van der Waals surface area contributed by atoms with E-state index in [0.29, 0.717) is 17.6 Å². The van der Waals surface area contributed by atoms with Crippen LogP contribution in [0.1, 0.15) is 22.5 Å². The molecule has 0 unspecified atom stereocenters. The number of rotatable bonds is 8. The van der Waals surface area contributed by atoms with Gasteiger partial charge in [0.05, 0.1) is 0 Å². The fourth-order valence-corrected chi connectivity index (χ4v) is 2.30. The summed E-state index contributed by atoms with van der Waals surface area (Å²) < 4.78 is 5.61. The highest BCUT2D eigenvalue weighted by atomic mass is 79.9. The molecule has 1 aromatic carbocycles. The van der Waals surface area contributed by atoms with Crippen LogP contribution in [0.5, 0.6) is 0 Å². The number of halogens is 1. The van der Waals surface area contributed by atoms with Crippen molar-refractivity contribution in [3.05, 3.63) is 76.3 Å². The third-order valence-electron chi connectivity index (χ3n) is 3.26. The number of carbonyl (C=O) groups is 2. The standard InChI is InChI=1S/C19H19BrN2O4/c20-17-11-10-16(26-17)19(25)22-15(18(24)21-12-5-13-23)9-4-8-14-6-2-1-3-7-14/h1-4,6-11,23H,5,12-13H2,(H,21,24)(H,22,25). The molecular weight excluding hydrogens is 400 g/mol. The van der Waals surface area contributed by atoms with Gasteiger partial charge in [0.25, 0.3) is 11.8 Å². The molecule has 0 bridgehead atoms. The number of aliphatic hydroxyl groups excluding tert-OH is 1. The molecule has 3 N–H and O–H groups in total. The summed E-state index contributed by atoms with van der Waals surface area (Å²) in [6.45, 7) is 0.275. The summed E-state index contributed by atoms with van der Waals surface area (Å²) in [5, 5.41) is 14.0. The Morgan fingerprint density at radius 1 is 1.15 bits per heavy atom. The van der Waals surface area contributed by atoms with E-state index in [0.717, 1.165) is 5.56 Å². The van der Waals surface area contributed by atoms with Gasteiger partial charge in [0, 0.05) is 13.2 Å². The van der Waals surface area contributed by atoms with E-state index in [-0.39, 0.29) is 18.1 Å². The van der Waals surface area contributed by atoms with Crippen LogP contribution in [-0.2, 0) is 4.79 Å². The number of amides is 2. The van der Waals surface area contributed by atoms with Crippen LogP contribution in [0.4, 0.5) is 0 Å². The Bertz CT molecular complexity index is 797. The molecule has 26 heavy (non-hydrogen) atoms. The summed E-state index contributed by atoms with van der Waals surface area (Å²) in [4.78, 5) is 24.5. The van der Waals surface area contributed by atoms with E-state index in [1.54, 1.807) is 12.1 Å². The fraction of sp³-hybridized carbons (Fsp3) is 0.158. The summed E-state index contributed by atoms with van der Waals surface area (Å²) in [6, 6.07) is 12.7. The minimum absolute atomic E-state index is 0.0278. The van der Waals surface area contributed by atoms with Gasteiger partial charge in [-0.3, -0.25) is 9.59 Å². The van der Waals surface area contributed by atoms with Crippen LogP contribution in [0.3, 0.4) is 0 Å². The van der Waals surface area contributed by atoms with Crippen LogP contribution in [-0.4, -0.2) is 30.1 Å². The van der Waals surface area contributed by atoms with Crippen molar-refractivity contribution in [2.75, 3.05) is 13.2 Å². The maximum atomic E-state index is 12.3. The highest BCUT2D eigenvalue weighted by Crippen LogP contribution is 2.14. The maximum absolute atomic E-state index is 12.3. The molecule has 7 heteroatoms. The van der Waals surface area contributed by atoms with Gasteiger partial charge >= 0.3 is 0 Å². The van der Waals surface area contributed by atoms with Crippen LogP contribution >= 0.6 is 15.9 Å². The molecule has 0 radical (unpaired) electrons. The molecule has 1 heterocycles. The van der Waals surface area contributed by atoms with Crippen LogP contribution in [0.2, 0.25) is 0 Å². The Balaban J connectivity index is 2.12. The second-order valence-electron chi connectivity index (χ2n) is 5.24. The minimum atomic E-state index is -0.535. The number of aliphatic hydroxyl groups is 1. The van der Waals surface area contributed by atoms with Gasteiger partial charge in [-0.2, -0.15) is 0 Å². The number of carbonyl (C=O) groups excluding carboxylic acids is 2. The zero-order chi connectivity index (χ0) is 18.8. The molecule has 136 valence electrons. The van der Waals surface area contributed by atoms with Gasteiger partial charge in [-0.15, -0.1) is 0 Å². The molecule has 0 fully saturated rings. The van der Waals surface area contributed by atoms with E-state index in [2.05, 4.69) is 26.6 Å². The van der Waals surface area contributed by atoms with Gasteiger partial charge in [-0.05, 0) is 46.1 Å².